The summed E-state index contributed by atoms with van der Waals surface area (Å²) in [5, 5.41) is 5.99. The van der Waals surface area contributed by atoms with E-state index in [4.69, 9.17) is 5.84 Å². The van der Waals surface area contributed by atoms with Gasteiger partial charge < -0.3 is 10.6 Å². The summed E-state index contributed by atoms with van der Waals surface area (Å²) in [5.41, 5.74) is 2.37. The Kier molecular flexibility index (Phi) is 3.16. The molecule has 1 aromatic rings. The number of hydrazine groups is 1. The minimum Gasteiger partial charge on any atom is -0.368 e. The van der Waals surface area contributed by atoms with Crippen molar-refractivity contribution in [1.29, 1.82) is 0 Å². The smallest absolute Gasteiger partial charge is 0.239 e. The number of amides is 1. The van der Waals surface area contributed by atoms with Crippen LogP contribution < -0.4 is 21.9 Å². The number of anilines is 2. The lowest BCUT2D eigenvalue weighted by Crippen LogP contribution is -2.32. The van der Waals surface area contributed by atoms with Gasteiger partial charge in [0.15, 0.2) is 0 Å². The van der Waals surface area contributed by atoms with Gasteiger partial charge in [-0.15, -0.1) is 0 Å². The maximum absolute atomic E-state index is 11.0. The van der Waals surface area contributed by atoms with Crippen molar-refractivity contribution in [1.82, 2.24) is 15.3 Å². The maximum Gasteiger partial charge on any atom is 0.239 e. The topological polar surface area (TPSA) is 105 Å². The second-order valence-electron chi connectivity index (χ2n) is 3.59. The van der Waals surface area contributed by atoms with E-state index in [1.54, 1.807) is 12.3 Å². The fraction of sp³-hybridized carbons (Fsp3) is 0.444. The molecular weight excluding hydrogens is 208 g/mol. The zero-order chi connectivity index (χ0) is 11.4. The summed E-state index contributed by atoms with van der Waals surface area (Å²) in [6, 6.07) is 1.93. The molecule has 1 aliphatic heterocycles. The van der Waals surface area contributed by atoms with Gasteiger partial charge in [0.05, 0.1) is 0 Å². The lowest BCUT2D eigenvalue weighted by molar-refractivity contribution is -0.119. The lowest BCUT2D eigenvalue weighted by Gasteiger charge is -2.11. The van der Waals surface area contributed by atoms with Gasteiger partial charge >= 0.3 is 0 Å². The fourth-order valence-corrected chi connectivity index (χ4v) is 1.58. The molecule has 1 fully saturated rings. The normalized spacial score (nSPS) is 19.3. The van der Waals surface area contributed by atoms with Crippen molar-refractivity contribution in [2.24, 2.45) is 5.84 Å². The van der Waals surface area contributed by atoms with Gasteiger partial charge in [0.25, 0.3) is 0 Å². The highest BCUT2D eigenvalue weighted by Crippen LogP contribution is 2.09. The van der Waals surface area contributed by atoms with Crippen LogP contribution in [0, 0.1) is 0 Å². The van der Waals surface area contributed by atoms with Gasteiger partial charge in [0, 0.05) is 25.2 Å². The van der Waals surface area contributed by atoms with Crippen LogP contribution in [-0.4, -0.2) is 28.5 Å². The van der Waals surface area contributed by atoms with Crippen LogP contribution in [-0.2, 0) is 4.79 Å². The molecule has 16 heavy (non-hydrogen) atoms. The number of hydrogen-bond donors (Lipinski definition) is 4. The average Bonchev–Trinajstić information content (AvgIpc) is 2.73. The van der Waals surface area contributed by atoms with E-state index in [2.05, 4.69) is 26.0 Å². The number of rotatable bonds is 4. The molecule has 0 aliphatic carbocycles. The molecule has 2 rings (SSSR count). The summed E-state index contributed by atoms with van der Waals surface area (Å²) in [7, 11) is 0. The third-order valence-electron chi connectivity index (χ3n) is 2.40. The predicted octanol–water partition coefficient (Wildman–Crippen LogP) is -0.547. The number of nitrogens with two attached hydrogens (primary N) is 1. The van der Waals surface area contributed by atoms with E-state index in [1.165, 1.54) is 0 Å². The van der Waals surface area contributed by atoms with Crippen LogP contribution in [0.1, 0.15) is 12.8 Å². The summed E-state index contributed by atoms with van der Waals surface area (Å²) in [6.45, 7) is 0.659. The van der Waals surface area contributed by atoms with Gasteiger partial charge in [-0.1, -0.05) is 0 Å². The molecule has 7 heteroatoms. The van der Waals surface area contributed by atoms with Crippen LogP contribution in [0.2, 0.25) is 0 Å². The van der Waals surface area contributed by atoms with Crippen LogP contribution in [0.15, 0.2) is 12.3 Å². The largest absolute Gasteiger partial charge is 0.368 e. The lowest BCUT2D eigenvalue weighted by atomic mass is 10.2. The molecular formula is C9H14N6O. The number of carbonyl (C=O) groups is 1. The Balaban J connectivity index is 1.87. The Morgan fingerprint density at radius 1 is 1.62 bits per heavy atom. The first-order chi connectivity index (χ1) is 7.78. The van der Waals surface area contributed by atoms with Crippen LogP contribution in [0.25, 0.3) is 0 Å². The van der Waals surface area contributed by atoms with Gasteiger partial charge in [-0.25, -0.2) is 10.8 Å². The van der Waals surface area contributed by atoms with Crippen LogP contribution in [0.4, 0.5) is 11.8 Å². The fourth-order valence-electron chi connectivity index (χ4n) is 1.58. The molecule has 0 spiro atoms. The van der Waals surface area contributed by atoms with E-state index in [1.807, 2.05) is 0 Å². The summed E-state index contributed by atoms with van der Waals surface area (Å²) >= 11 is 0. The molecule has 86 valence electrons. The summed E-state index contributed by atoms with van der Waals surface area (Å²) in [4.78, 5) is 19.0. The molecule has 1 saturated heterocycles. The first-order valence-electron chi connectivity index (χ1n) is 5.11. The Labute approximate surface area is 92.8 Å². The SMILES string of the molecule is NNc1nccc(NCC2CCC(=O)N2)n1. The Bertz CT molecular complexity index is 382. The number of aromatic nitrogens is 2. The summed E-state index contributed by atoms with van der Waals surface area (Å²) in [6.07, 6.45) is 3.07. The number of nitrogen functional groups attached to an aromatic ring is 1. The molecule has 1 unspecified atom stereocenters. The molecule has 0 saturated carbocycles. The summed E-state index contributed by atoms with van der Waals surface area (Å²) in [5.74, 6) is 6.35. The van der Waals surface area contributed by atoms with Crippen molar-refractivity contribution in [2.45, 2.75) is 18.9 Å². The van der Waals surface area contributed by atoms with Crippen molar-refractivity contribution in [3.63, 3.8) is 0 Å². The number of hydrogen-bond acceptors (Lipinski definition) is 6. The third kappa shape index (κ3) is 2.57. The van der Waals surface area contributed by atoms with Crippen molar-refractivity contribution >= 4 is 17.7 Å². The highest BCUT2D eigenvalue weighted by atomic mass is 16.1. The molecule has 2 heterocycles. The van der Waals surface area contributed by atoms with E-state index >= 15 is 0 Å². The highest BCUT2D eigenvalue weighted by molar-refractivity contribution is 5.78. The van der Waals surface area contributed by atoms with Gasteiger partial charge in [-0.3, -0.25) is 10.2 Å². The molecule has 5 N–H and O–H groups in total. The highest BCUT2D eigenvalue weighted by Gasteiger charge is 2.20. The molecule has 1 aromatic heterocycles. The Hall–Kier alpha value is -1.89. The number of nitrogens with zero attached hydrogens (tertiary/aromatic N) is 2. The van der Waals surface area contributed by atoms with Crippen molar-refractivity contribution in [3.05, 3.63) is 12.3 Å². The minimum atomic E-state index is 0.110. The predicted molar refractivity (Wildman–Crippen MR) is 59.5 cm³/mol. The third-order valence-corrected chi connectivity index (χ3v) is 2.40. The molecule has 1 amide bonds. The first-order valence-corrected chi connectivity index (χ1v) is 5.11. The van der Waals surface area contributed by atoms with E-state index in [9.17, 15) is 4.79 Å². The summed E-state index contributed by atoms with van der Waals surface area (Å²) < 4.78 is 0. The number of carbonyl (C=O) groups excluding carboxylic acids is 1. The Morgan fingerprint density at radius 2 is 2.50 bits per heavy atom. The van der Waals surface area contributed by atoms with Gasteiger partial charge in [0.1, 0.15) is 5.82 Å². The molecule has 0 bridgehead atoms. The second kappa shape index (κ2) is 4.75. The van der Waals surface area contributed by atoms with E-state index < -0.39 is 0 Å². The zero-order valence-electron chi connectivity index (χ0n) is 8.73. The first kappa shape index (κ1) is 10.6. The van der Waals surface area contributed by atoms with Crippen molar-refractivity contribution < 1.29 is 4.79 Å². The van der Waals surface area contributed by atoms with Crippen molar-refractivity contribution in [2.75, 3.05) is 17.3 Å². The Morgan fingerprint density at radius 3 is 3.19 bits per heavy atom. The standard InChI is InChI=1S/C9H14N6O/c10-15-9-11-4-3-7(14-9)12-5-6-1-2-8(16)13-6/h3-4,6H,1-2,5,10H2,(H,13,16)(H2,11,12,14,15). The van der Waals surface area contributed by atoms with Gasteiger partial charge in [-0.05, 0) is 12.5 Å². The molecule has 7 nitrogen and oxygen atoms in total. The average molecular weight is 222 g/mol. The molecule has 1 atom stereocenters. The molecule has 0 aromatic carbocycles. The second-order valence-corrected chi connectivity index (χ2v) is 3.59. The number of nitrogens with one attached hydrogen (secondary N) is 3. The molecule has 0 radical (unpaired) electrons. The monoisotopic (exact) mass is 222 g/mol. The minimum absolute atomic E-state index is 0.110. The van der Waals surface area contributed by atoms with E-state index in [0.29, 0.717) is 24.7 Å². The van der Waals surface area contributed by atoms with Gasteiger partial charge in [0.2, 0.25) is 11.9 Å². The van der Waals surface area contributed by atoms with E-state index in [-0.39, 0.29) is 11.9 Å². The zero-order valence-corrected chi connectivity index (χ0v) is 8.73. The van der Waals surface area contributed by atoms with Crippen LogP contribution in [0.5, 0.6) is 0 Å². The van der Waals surface area contributed by atoms with E-state index in [0.717, 1.165) is 6.42 Å². The van der Waals surface area contributed by atoms with Crippen LogP contribution in [0.3, 0.4) is 0 Å². The van der Waals surface area contributed by atoms with Crippen molar-refractivity contribution in [3.8, 4) is 0 Å². The maximum atomic E-state index is 11.0. The quantitative estimate of drug-likeness (QED) is 0.402. The molecule has 1 aliphatic rings. The van der Waals surface area contributed by atoms with Gasteiger partial charge in [-0.2, -0.15) is 4.98 Å². The van der Waals surface area contributed by atoms with Crippen LogP contribution >= 0.6 is 0 Å².